The number of carbonyl (C=O) groups is 2. The van der Waals surface area contributed by atoms with Crippen LogP contribution in [0.1, 0.15) is 13.8 Å². The van der Waals surface area contributed by atoms with Gasteiger partial charge in [-0.15, -0.1) is 0 Å². The molecule has 0 saturated carbocycles. The third-order valence-electron chi connectivity index (χ3n) is 4.78. The van der Waals surface area contributed by atoms with Crippen molar-refractivity contribution in [2.45, 2.75) is 75.1 Å². The monoisotopic (exact) mass is 424 g/mol. The zero-order valence-corrected chi connectivity index (χ0v) is 15.9. The lowest BCUT2D eigenvalue weighted by molar-refractivity contribution is -0.323. The zero-order valence-electron chi connectivity index (χ0n) is 15.9. The van der Waals surface area contributed by atoms with E-state index in [1.807, 2.05) is 0 Å². The number of aliphatic hydroxyl groups is 6. The normalized spacial score (nSPS) is 42.9. The number of nitrogens with one attached hydrogen (secondary N) is 2. The molecule has 2 saturated heterocycles. The van der Waals surface area contributed by atoms with Crippen LogP contribution in [-0.4, -0.2) is 117 Å². The van der Waals surface area contributed by atoms with Gasteiger partial charge in [-0.2, -0.15) is 0 Å². The Kier molecular flexibility index (Phi) is 8.28. The molecule has 0 aromatic carbocycles. The summed E-state index contributed by atoms with van der Waals surface area (Å²) in [4.78, 5) is 23.0. The highest BCUT2D eigenvalue weighted by Crippen LogP contribution is 2.28. The summed E-state index contributed by atoms with van der Waals surface area (Å²) in [7, 11) is 0. The van der Waals surface area contributed by atoms with Gasteiger partial charge in [0.2, 0.25) is 11.8 Å². The van der Waals surface area contributed by atoms with E-state index in [4.69, 9.17) is 14.2 Å². The van der Waals surface area contributed by atoms with E-state index in [0.717, 1.165) is 13.8 Å². The molecule has 0 radical (unpaired) electrons. The Balaban J connectivity index is 2.31. The summed E-state index contributed by atoms with van der Waals surface area (Å²) in [5.74, 6) is -1.16. The summed E-state index contributed by atoms with van der Waals surface area (Å²) in [5.41, 5.74) is 0. The van der Waals surface area contributed by atoms with E-state index in [0.29, 0.717) is 0 Å². The molecule has 2 fully saturated rings. The lowest BCUT2D eigenvalue weighted by Crippen LogP contribution is -2.69. The van der Waals surface area contributed by atoms with Gasteiger partial charge in [0.1, 0.15) is 48.7 Å². The maximum Gasteiger partial charge on any atom is 0.217 e. The van der Waals surface area contributed by atoms with Crippen molar-refractivity contribution >= 4 is 11.8 Å². The molecule has 1 unspecified atom stereocenters. The highest BCUT2D eigenvalue weighted by molar-refractivity contribution is 5.73. The summed E-state index contributed by atoms with van der Waals surface area (Å²) in [6, 6.07) is -2.59. The number of hydrogen-bond donors (Lipinski definition) is 8. The van der Waals surface area contributed by atoms with E-state index in [2.05, 4.69) is 10.6 Å². The molecule has 13 heteroatoms. The molecular formula is C16H28N2O11. The van der Waals surface area contributed by atoms with Crippen LogP contribution >= 0.6 is 0 Å². The minimum atomic E-state index is -1.66. The van der Waals surface area contributed by atoms with Gasteiger partial charge < -0.3 is 55.5 Å². The van der Waals surface area contributed by atoms with Crippen LogP contribution in [0.25, 0.3) is 0 Å². The average molecular weight is 424 g/mol. The molecular weight excluding hydrogens is 396 g/mol. The third kappa shape index (κ3) is 5.39. The Hall–Kier alpha value is -1.42. The van der Waals surface area contributed by atoms with Gasteiger partial charge in [-0.05, 0) is 0 Å². The average Bonchev–Trinajstić information content (AvgIpc) is 2.65. The topological polar surface area (TPSA) is 207 Å². The molecule has 168 valence electrons. The van der Waals surface area contributed by atoms with Gasteiger partial charge in [0.25, 0.3) is 0 Å². The van der Waals surface area contributed by atoms with Crippen LogP contribution in [0.5, 0.6) is 0 Å². The summed E-state index contributed by atoms with van der Waals surface area (Å²) in [6.45, 7) is 0.959. The van der Waals surface area contributed by atoms with Gasteiger partial charge in [0, 0.05) is 13.8 Å². The molecule has 2 heterocycles. The fraction of sp³-hybridized carbons (Fsp3) is 0.875. The molecule has 0 aromatic heterocycles. The highest BCUT2D eigenvalue weighted by Gasteiger charge is 2.51. The number of aliphatic hydroxyl groups excluding tert-OH is 6. The van der Waals surface area contributed by atoms with Crippen LogP contribution < -0.4 is 10.6 Å². The molecule has 2 aliphatic heterocycles. The quantitative estimate of drug-likeness (QED) is 0.202. The van der Waals surface area contributed by atoms with E-state index in [1.165, 1.54) is 0 Å². The number of hydrogen-bond acceptors (Lipinski definition) is 11. The standard InChI is InChI=1S/C16H28N2O11/c1-5(21)17-9-13(25)11(23)7(3-19)28-16(9)29-14-10(18-6(2)22)15(26)27-8(4-20)12(14)24/h7-16,19-20,23-26H,3-4H2,1-2H3,(H,17,21)(H,18,22)/t7-,8-,9-,10-,11-,12+,13-,14-,15+,16?/m1/s1. The van der Waals surface area contributed by atoms with Crippen LogP contribution in [0.3, 0.4) is 0 Å². The zero-order chi connectivity index (χ0) is 21.9. The Morgan fingerprint density at radius 2 is 1.34 bits per heavy atom. The van der Waals surface area contributed by atoms with Gasteiger partial charge in [-0.1, -0.05) is 0 Å². The van der Waals surface area contributed by atoms with Crippen LogP contribution in [0.4, 0.5) is 0 Å². The molecule has 10 atom stereocenters. The van der Waals surface area contributed by atoms with Gasteiger partial charge in [0.15, 0.2) is 12.6 Å². The van der Waals surface area contributed by atoms with Gasteiger partial charge in [-0.3, -0.25) is 9.59 Å². The molecule has 8 N–H and O–H groups in total. The van der Waals surface area contributed by atoms with Gasteiger partial charge >= 0.3 is 0 Å². The van der Waals surface area contributed by atoms with Gasteiger partial charge in [0.05, 0.1) is 13.2 Å². The molecule has 13 nitrogen and oxygen atoms in total. The third-order valence-corrected chi connectivity index (χ3v) is 4.78. The first-order valence-corrected chi connectivity index (χ1v) is 9.05. The predicted molar refractivity (Wildman–Crippen MR) is 91.8 cm³/mol. The maximum absolute atomic E-state index is 11.5. The highest BCUT2D eigenvalue weighted by atomic mass is 16.7. The minimum Gasteiger partial charge on any atom is -0.394 e. The summed E-state index contributed by atoms with van der Waals surface area (Å²) in [6.07, 6.45) is -11.8. The molecule has 0 aromatic rings. The molecule has 0 bridgehead atoms. The molecule has 29 heavy (non-hydrogen) atoms. The SMILES string of the molecule is CC(=O)N[C@@H]1[C@@H](OC2O[C@H](CO)[C@@H](O)[C@H](O)[C@H]2NC(C)=O)[C@@H](O)[C@@H](CO)O[C@@H]1O. The second-order valence-electron chi connectivity index (χ2n) is 7.00. The fourth-order valence-corrected chi connectivity index (χ4v) is 3.38. The fourth-order valence-electron chi connectivity index (χ4n) is 3.38. The van der Waals surface area contributed by atoms with E-state index < -0.39 is 86.3 Å². The van der Waals surface area contributed by atoms with Crippen molar-refractivity contribution in [3.05, 3.63) is 0 Å². The Morgan fingerprint density at radius 1 is 0.828 bits per heavy atom. The van der Waals surface area contributed by atoms with E-state index in [9.17, 15) is 40.2 Å². The molecule has 2 aliphatic rings. The summed E-state index contributed by atoms with van der Waals surface area (Å²) < 4.78 is 16.2. The van der Waals surface area contributed by atoms with E-state index in [1.54, 1.807) is 0 Å². The second-order valence-corrected chi connectivity index (χ2v) is 7.00. The van der Waals surface area contributed by atoms with Crippen LogP contribution in [0, 0.1) is 0 Å². The van der Waals surface area contributed by atoms with Crippen molar-refractivity contribution in [3.63, 3.8) is 0 Å². The predicted octanol–water partition coefficient (Wildman–Crippen LogP) is -5.11. The minimum absolute atomic E-state index is 0.576. The van der Waals surface area contributed by atoms with Crippen molar-refractivity contribution in [2.24, 2.45) is 0 Å². The van der Waals surface area contributed by atoms with Crippen LogP contribution in [0.15, 0.2) is 0 Å². The second kappa shape index (κ2) is 10.1. The van der Waals surface area contributed by atoms with Crippen molar-refractivity contribution in [1.29, 1.82) is 0 Å². The van der Waals surface area contributed by atoms with Crippen molar-refractivity contribution in [2.75, 3.05) is 13.2 Å². The van der Waals surface area contributed by atoms with Crippen molar-refractivity contribution < 1.29 is 54.4 Å². The number of rotatable bonds is 6. The Labute approximate surface area is 166 Å². The van der Waals surface area contributed by atoms with Gasteiger partial charge in [-0.25, -0.2) is 0 Å². The lowest BCUT2D eigenvalue weighted by atomic mass is 9.94. The number of amides is 2. The first-order chi connectivity index (χ1) is 13.6. The Morgan fingerprint density at radius 3 is 1.86 bits per heavy atom. The first kappa shape index (κ1) is 23.9. The van der Waals surface area contributed by atoms with Crippen LogP contribution in [0.2, 0.25) is 0 Å². The molecule has 0 aliphatic carbocycles. The van der Waals surface area contributed by atoms with E-state index >= 15 is 0 Å². The number of ether oxygens (including phenoxy) is 3. The Bertz CT molecular complexity index is 579. The first-order valence-electron chi connectivity index (χ1n) is 9.05. The maximum atomic E-state index is 11.5. The van der Waals surface area contributed by atoms with Crippen molar-refractivity contribution in [3.8, 4) is 0 Å². The van der Waals surface area contributed by atoms with E-state index in [-0.39, 0.29) is 0 Å². The van der Waals surface area contributed by atoms with Crippen molar-refractivity contribution in [1.82, 2.24) is 10.6 Å². The summed E-state index contributed by atoms with van der Waals surface area (Å²) >= 11 is 0. The molecule has 0 spiro atoms. The lowest BCUT2D eigenvalue weighted by Gasteiger charge is -2.47. The summed E-state index contributed by atoms with van der Waals surface area (Å²) in [5, 5.41) is 64.5. The molecule has 2 amide bonds. The van der Waals surface area contributed by atoms with Crippen LogP contribution in [-0.2, 0) is 23.8 Å². The smallest absolute Gasteiger partial charge is 0.217 e. The number of carbonyl (C=O) groups excluding carboxylic acids is 2. The molecule has 2 rings (SSSR count). The largest absolute Gasteiger partial charge is 0.394 e.